The molecule has 0 unspecified atom stereocenters. The Bertz CT molecular complexity index is 210. The van der Waals surface area contributed by atoms with Gasteiger partial charge in [-0.2, -0.15) is 11.8 Å². The van der Waals surface area contributed by atoms with E-state index in [1.54, 1.807) is 0 Å². The lowest BCUT2D eigenvalue weighted by Crippen LogP contribution is -2.51. The van der Waals surface area contributed by atoms with Crippen LogP contribution in [0.1, 0.15) is 34.1 Å². The number of thioether (sulfide) groups is 1. The van der Waals surface area contributed by atoms with Crippen LogP contribution in [0.5, 0.6) is 0 Å². The predicted molar refractivity (Wildman–Crippen MR) is 74.3 cm³/mol. The maximum absolute atomic E-state index is 11.7. The van der Waals surface area contributed by atoms with E-state index in [0.717, 1.165) is 12.2 Å². The van der Waals surface area contributed by atoms with Crippen LogP contribution in [0.15, 0.2) is 0 Å². The molecule has 18 heavy (non-hydrogen) atoms. The highest BCUT2D eigenvalue weighted by atomic mass is 32.2. The Morgan fingerprint density at radius 2 is 1.50 bits per heavy atom. The van der Waals surface area contributed by atoms with Gasteiger partial charge in [0.1, 0.15) is 0 Å². The molecule has 0 aliphatic carbocycles. The number of carbonyl (C=O) groups excluding carboxylic acids is 1. The van der Waals surface area contributed by atoms with Gasteiger partial charge in [0, 0.05) is 19.8 Å². The van der Waals surface area contributed by atoms with E-state index in [-0.39, 0.29) is 5.97 Å². The third-order valence-corrected chi connectivity index (χ3v) is 5.31. The van der Waals surface area contributed by atoms with E-state index in [4.69, 9.17) is 17.7 Å². The second kappa shape index (κ2) is 10.8. The van der Waals surface area contributed by atoms with Crippen molar-refractivity contribution in [3.8, 4) is 0 Å². The molecule has 0 saturated heterocycles. The van der Waals surface area contributed by atoms with Gasteiger partial charge in [0.05, 0.1) is 5.75 Å². The lowest BCUT2D eigenvalue weighted by Gasteiger charge is -2.25. The molecule has 0 bridgehead atoms. The summed E-state index contributed by atoms with van der Waals surface area (Å²) in [6, 6.07) is 0. The topological polar surface area (TPSA) is 54.0 Å². The molecular formula is C11H24O5SSi. The summed E-state index contributed by atoms with van der Waals surface area (Å²) in [6.45, 7) is 8.70. The van der Waals surface area contributed by atoms with Crippen molar-refractivity contribution in [1.29, 1.82) is 0 Å². The summed E-state index contributed by atoms with van der Waals surface area (Å²) in [7, 11) is -3.28. The summed E-state index contributed by atoms with van der Waals surface area (Å²) < 4.78 is 21.6. The summed E-state index contributed by atoms with van der Waals surface area (Å²) in [6.07, 6.45) is 1.03. The van der Waals surface area contributed by atoms with E-state index in [1.807, 2.05) is 20.8 Å². The first-order valence-corrected chi connectivity index (χ1v) is 9.14. The third-order valence-electron chi connectivity index (χ3n) is 1.77. The van der Waals surface area contributed by atoms with Gasteiger partial charge in [0.2, 0.25) is 0 Å². The standard InChI is InChI=1S/C11H24O5SSi/c1-5-9-17-10-11(12)16-18(13-6-2,14-7-3)15-8-4/h5-10H2,1-4H3. The minimum absolute atomic E-state index is 0.301. The van der Waals surface area contributed by atoms with Crippen LogP contribution in [0, 0.1) is 0 Å². The second-order valence-electron chi connectivity index (χ2n) is 3.33. The van der Waals surface area contributed by atoms with Crippen molar-refractivity contribution in [1.82, 2.24) is 0 Å². The van der Waals surface area contributed by atoms with Crippen LogP contribution < -0.4 is 0 Å². The van der Waals surface area contributed by atoms with E-state index in [2.05, 4.69) is 6.92 Å². The second-order valence-corrected chi connectivity index (χ2v) is 6.50. The summed E-state index contributed by atoms with van der Waals surface area (Å²) >= 11 is 1.54. The molecule has 5 nitrogen and oxygen atoms in total. The Labute approximate surface area is 115 Å². The molecule has 0 heterocycles. The van der Waals surface area contributed by atoms with Gasteiger partial charge in [-0.25, -0.2) is 0 Å². The average molecular weight is 296 g/mol. The zero-order chi connectivity index (χ0) is 13.9. The molecule has 0 aromatic rings. The van der Waals surface area contributed by atoms with Crippen LogP contribution in [0.3, 0.4) is 0 Å². The molecule has 0 radical (unpaired) electrons. The van der Waals surface area contributed by atoms with E-state index in [1.165, 1.54) is 11.8 Å². The van der Waals surface area contributed by atoms with Crippen LogP contribution >= 0.6 is 11.8 Å². The van der Waals surface area contributed by atoms with Crippen molar-refractivity contribution in [2.24, 2.45) is 0 Å². The molecule has 0 fully saturated rings. The number of carbonyl (C=O) groups is 1. The molecule has 0 spiro atoms. The van der Waals surface area contributed by atoms with Gasteiger partial charge in [0.15, 0.2) is 0 Å². The van der Waals surface area contributed by atoms with Crippen molar-refractivity contribution < 1.29 is 22.5 Å². The van der Waals surface area contributed by atoms with Crippen molar-refractivity contribution >= 4 is 26.8 Å². The Morgan fingerprint density at radius 1 is 1.00 bits per heavy atom. The Balaban J connectivity index is 4.39. The summed E-state index contributed by atoms with van der Waals surface area (Å²) in [5.74, 6) is 0.896. The lowest BCUT2D eigenvalue weighted by molar-refractivity contribution is -0.141. The molecule has 0 amide bonds. The Hall–Kier alpha value is -0.0831. The molecule has 0 aromatic carbocycles. The minimum Gasteiger partial charge on any atom is -0.451 e. The number of hydrogen-bond donors (Lipinski definition) is 0. The molecule has 108 valence electrons. The van der Waals surface area contributed by atoms with Crippen molar-refractivity contribution in [2.45, 2.75) is 34.1 Å². The van der Waals surface area contributed by atoms with Gasteiger partial charge in [-0.15, -0.1) is 0 Å². The van der Waals surface area contributed by atoms with Crippen molar-refractivity contribution in [2.75, 3.05) is 31.3 Å². The van der Waals surface area contributed by atoms with Gasteiger partial charge >= 0.3 is 15.0 Å². The summed E-state index contributed by atoms with van der Waals surface area (Å²) in [4.78, 5) is 11.7. The normalized spacial score (nSPS) is 11.6. The van der Waals surface area contributed by atoms with Gasteiger partial charge in [-0.3, -0.25) is 4.79 Å². The number of hydrogen-bond acceptors (Lipinski definition) is 6. The molecule has 0 aromatic heterocycles. The Morgan fingerprint density at radius 3 is 1.89 bits per heavy atom. The highest BCUT2D eigenvalue weighted by Gasteiger charge is 2.49. The van der Waals surface area contributed by atoms with Crippen molar-refractivity contribution in [3.63, 3.8) is 0 Å². The molecule has 0 N–H and O–H groups in total. The van der Waals surface area contributed by atoms with Gasteiger partial charge in [-0.1, -0.05) is 6.92 Å². The van der Waals surface area contributed by atoms with Crippen molar-refractivity contribution in [3.05, 3.63) is 0 Å². The molecule has 0 saturated carbocycles. The predicted octanol–water partition coefficient (Wildman–Crippen LogP) is 2.22. The SMILES string of the molecule is CCCSCC(=O)O[Si](OCC)(OCC)OCC. The zero-order valence-corrected chi connectivity index (χ0v) is 13.5. The molecule has 7 heteroatoms. The molecule has 0 atom stereocenters. The van der Waals surface area contributed by atoms with Crippen LogP contribution in [0.25, 0.3) is 0 Å². The van der Waals surface area contributed by atoms with E-state index in [0.29, 0.717) is 25.6 Å². The molecular weight excluding hydrogens is 272 g/mol. The van der Waals surface area contributed by atoms with Gasteiger partial charge in [0.25, 0.3) is 0 Å². The first-order chi connectivity index (χ1) is 8.64. The molecule has 0 aliphatic heterocycles. The van der Waals surface area contributed by atoms with Crippen LogP contribution in [0.4, 0.5) is 0 Å². The first-order valence-electron chi connectivity index (χ1n) is 6.35. The van der Waals surface area contributed by atoms with Gasteiger partial charge < -0.3 is 17.7 Å². The monoisotopic (exact) mass is 296 g/mol. The smallest absolute Gasteiger partial charge is 0.451 e. The molecule has 0 rings (SSSR count). The zero-order valence-electron chi connectivity index (χ0n) is 11.7. The third kappa shape index (κ3) is 7.37. The fraction of sp³-hybridized carbons (Fsp3) is 0.909. The van der Waals surface area contributed by atoms with Crippen LogP contribution in [0.2, 0.25) is 0 Å². The van der Waals surface area contributed by atoms with Crippen LogP contribution in [-0.4, -0.2) is 46.3 Å². The highest BCUT2D eigenvalue weighted by molar-refractivity contribution is 7.99. The minimum atomic E-state index is -3.28. The summed E-state index contributed by atoms with van der Waals surface area (Å²) in [5, 5.41) is 0. The lowest BCUT2D eigenvalue weighted by atomic mass is 10.6. The van der Waals surface area contributed by atoms with Gasteiger partial charge in [-0.05, 0) is 32.9 Å². The quantitative estimate of drug-likeness (QED) is 0.430. The summed E-state index contributed by atoms with van der Waals surface area (Å²) in [5.41, 5.74) is 0. The van der Waals surface area contributed by atoms with E-state index >= 15 is 0 Å². The fourth-order valence-electron chi connectivity index (χ4n) is 1.21. The Kier molecular flexibility index (Phi) is 10.8. The van der Waals surface area contributed by atoms with Crippen LogP contribution in [-0.2, 0) is 22.5 Å². The maximum atomic E-state index is 11.7. The molecule has 0 aliphatic rings. The maximum Gasteiger partial charge on any atom is 0.751 e. The highest BCUT2D eigenvalue weighted by Crippen LogP contribution is 2.14. The van der Waals surface area contributed by atoms with E-state index < -0.39 is 9.05 Å². The average Bonchev–Trinajstić information content (AvgIpc) is 2.30. The fourth-order valence-corrected chi connectivity index (χ4v) is 3.81. The largest absolute Gasteiger partial charge is 0.751 e. The first kappa shape index (κ1) is 17.9. The number of rotatable bonds is 11. The van der Waals surface area contributed by atoms with E-state index in [9.17, 15) is 4.79 Å².